The van der Waals surface area contributed by atoms with Gasteiger partial charge in [-0.15, -0.1) is 0 Å². The highest BCUT2D eigenvalue weighted by atomic mass is 32.2. The number of carboxylic acids is 1. The molecule has 18 heavy (non-hydrogen) atoms. The Bertz CT molecular complexity index is 360. The Morgan fingerprint density at radius 1 is 1.33 bits per heavy atom. The van der Waals surface area contributed by atoms with Gasteiger partial charge in [0.2, 0.25) is 0 Å². The van der Waals surface area contributed by atoms with Gasteiger partial charge in [-0.1, -0.05) is 27.7 Å². The van der Waals surface area contributed by atoms with Gasteiger partial charge < -0.3 is 5.11 Å². The van der Waals surface area contributed by atoms with Crippen molar-refractivity contribution in [1.82, 2.24) is 9.44 Å². The summed E-state index contributed by atoms with van der Waals surface area (Å²) in [6.07, 6.45) is 0.931. The second kappa shape index (κ2) is 7.06. The predicted molar refractivity (Wildman–Crippen MR) is 70.5 cm³/mol. The summed E-state index contributed by atoms with van der Waals surface area (Å²) in [5, 5.41) is 8.80. The van der Waals surface area contributed by atoms with E-state index in [0.717, 1.165) is 0 Å². The van der Waals surface area contributed by atoms with Crippen molar-refractivity contribution in [1.29, 1.82) is 0 Å². The van der Waals surface area contributed by atoms with Crippen molar-refractivity contribution in [2.75, 3.05) is 6.54 Å². The molecule has 0 aliphatic rings. The smallest absolute Gasteiger partial charge is 0.304 e. The minimum Gasteiger partial charge on any atom is -0.481 e. The van der Waals surface area contributed by atoms with E-state index in [2.05, 4.69) is 9.44 Å². The molecule has 0 heterocycles. The highest BCUT2D eigenvalue weighted by Crippen LogP contribution is 2.22. The number of hydrogen-bond acceptors (Lipinski definition) is 3. The monoisotopic (exact) mass is 280 g/mol. The van der Waals surface area contributed by atoms with Crippen molar-refractivity contribution < 1.29 is 18.3 Å². The zero-order valence-electron chi connectivity index (χ0n) is 11.5. The maximum absolute atomic E-state index is 11.7. The minimum atomic E-state index is -3.62. The largest absolute Gasteiger partial charge is 0.481 e. The zero-order valence-corrected chi connectivity index (χ0v) is 12.3. The molecule has 0 amide bonds. The fourth-order valence-corrected chi connectivity index (χ4v) is 2.76. The molecule has 1 unspecified atom stereocenters. The molecule has 3 N–H and O–H groups in total. The molecule has 0 fully saturated rings. The molecule has 7 heteroatoms. The van der Waals surface area contributed by atoms with Crippen molar-refractivity contribution in [3.63, 3.8) is 0 Å². The topological polar surface area (TPSA) is 95.5 Å². The summed E-state index contributed by atoms with van der Waals surface area (Å²) in [6.45, 7) is 8.01. The molecule has 0 aromatic carbocycles. The molecule has 0 spiro atoms. The molecule has 0 aromatic rings. The summed E-state index contributed by atoms with van der Waals surface area (Å²) in [6, 6.07) is -0.600. The van der Waals surface area contributed by atoms with Crippen LogP contribution in [0, 0.1) is 5.41 Å². The van der Waals surface area contributed by atoms with Gasteiger partial charge in [-0.2, -0.15) is 13.1 Å². The molecule has 0 aliphatic heterocycles. The fraction of sp³-hybridized carbons (Fsp3) is 0.909. The van der Waals surface area contributed by atoms with Crippen LogP contribution in [0.5, 0.6) is 0 Å². The Hall–Kier alpha value is -0.660. The number of carbonyl (C=O) groups is 1. The lowest BCUT2D eigenvalue weighted by atomic mass is 9.87. The first-order valence-electron chi connectivity index (χ1n) is 6.04. The second-order valence-electron chi connectivity index (χ2n) is 5.58. The summed E-state index contributed by atoms with van der Waals surface area (Å²) < 4.78 is 28.1. The Balaban J connectivity index is 4.63. The molecule has 0 rings (SSSR count). The summed E-state index contributed by atoms with van der Waals surface area (Å²) in [7, 11) is -3.62. The first-order valence-corrected chi connectivity index (χ1v) is 7.53. The maximum Gasteiger partial charge on any atom is 0.304 e. The predicted octanol–water partition coefficient (Wildman–Crippen LogP) is 1.10. The van der Waals surface area contributed by atoms with Crippen LogP contribution in [0.4, 0.5) is 0 Å². The van der Waals surface area contributed by atoms with Gasteiger partial charge in [0, 0.05) is 12.6 Å². The van der Waals surface area contributed by atoms with E-state index >= 15 is 0 Å². The van der Waals surface area contributed by atoms with E-state index in [1.165, 1.54) is 0 Å². The average Bonchev–Trinajstić information content (AvgIpc) is 2.09. The Kier molecular flexibility index (Phi) is 6.80. The average molecular weight is 280 g/mol. The minimum absolute atomic E-state index is 0.145. The summed E-state index contributed by atoms with van der Waals surface area (Å²) >= 11 is 0. The van der Waals surface area contributed by atoms with E-state index in [9.17, 15) is 13.2 Å². The van der Waals surface area contributed by atoms with Crippen LogP contribution >= 0.6 is 0 Å². The van der Waals surface area contributed by atoms with Crippen molar-refractivity contribution in [2.45, 2.75) is 53.0 Å². The van der Waals surface area contributed by atoms with Crippen LogP contribution in [-0.2, 0) is 15.0 Å². The van der Waals surface area contributed by atoms with Crippen LogP contribution in [0.1, 0.15) is 47.0 Å². The van der Waals surface area contributed by atoms with E-state index < -0.39 is 22.2 Å². The van der Waals surface area contributed by atoms with Gasteiger partial charge in [0.1, 0.15) is 0 Å². The van der Waals surface area contributed by atoms with Gasteiger partial charge in [0.25, 0.3) is 10.2 Å². The van der Waals surface area contributed by atoms with Crippen molar-refractivity contribution >= 4 is 16.2 Å². The molecule has 0 aliphatic carbocycles. The SMILES string of the molecule is CCCNS(=O)(=O)NC(CC(=O)O)CC(C)(C)C. The van der Waals surface area contributed by atoms with Crippen LogP contribution < -0.4 is 9.44 Å². The third-order valence-electron chi connectivity index (χ3n) is 2.14. The molecular weight excluding hydrogens is 256 g/mol. The molecule has 108 valence electrons. The zero-order chi connectivity index (χ0) is 14.4. The van der Waals surface area contributed by atoms with Gasteiger partial charge >= 0.3 is 5.97 Å². The van der Waals surface area contributed by atoms with Crippen molar-refractivity contribution in [3.05, 3.63) is 0 Å². The molecule has 6 nitrogen and oxygen atoms in total. The van der Waals surface area contributed by atoms with E-state index in [1.807, 2.05) is 27.7 Å². The number of hydrogen-bond donors (Lipinski definition) is 3. The van der Waals surface area contributed by atoms with Crippen LogP contribution in [0.3, 0.4) is 0 Å². The number of rotatable bonds is 8. The lowest BCUT2D eigenvalue weighted by Crippen LogP contribution is -2.45. The molecule has 0 radical (unpaired) electrons. The highest BCUT2D eigenvalue weighted by Gasteiger charge is 2.25. The third kappa shape index (κ3) is 9.38. The molecular formula is C11H24N2O4S. The third-order valence-corrected chi connectivity index (χ3v) is 3.37. The molecule has 0 saturated carbocycles. The normalized spacial score (nSPS) is 14.4. The first-order chi connectivity index (χ1) is 8.06. The van der Waals surface area contributed by atoms with Crippen LogP contribution in [0.2, 0.25) is 0 Å². The summed E-state index contributed by atoms with van der Waals surface area (Å²) in [4.78, 5) is 10.7. The number of nitrogens with one attached hydrogen (secondary N) is 2. The van der Waals surface area contributed by atoms with E-state index in [-0.39, 0.29) is 11.8 Å². The summed E-state index contributed by atoms with van der Waals surface area (Å²) in [5.74, 6) is -1.01. The van der Waals surface area contributed by atoms with Crippen molar-refractivity contribution in [2.24, 2.45) is 5.41 Å². The van der Waals surface area contributed by atoms with Crippen LogP contribution in [-0.4, -0.2) is 32.1 Å². The van der Waals surface area contributed by atoms with E-state index in [0.29, 0.717) is 19.4 Å². The number of carboxylic acid groups (broad SMARTS) is 1. The van der Waals surface area contributed by atoms with Gasteiger partial charge in [0.05, 0.1) is 6.42 Å². The Labute approximate surface area is 109 Å². The molecule has 1 atom stereocenters. The summed E-state index contributed by atoms with van der Waals surface area (Å²) in [5.41, 5.74) is -0.145. The molecule has 0 saturated heterocycles. The van der Waals surface area contributed by atoms with Gasteiger partial charge in [-0.3, -0.25) is 4.79 Å². The van der Waals surface area contributed by atoms with Crippen LogP contribution in [0.25, 0.3) is 0 Å². The Morgan fingerprint density at radius 3 is 2.28 bits per heavy atom. The second-order valence-corrected chi connectivity index (χ2v) is 7.11. The lowest BCUT2D eigenvalue weighted by Gasteiger charge is -2.25. The quantitative estimate of drug-likeness (QED) is 0.620. The standard InChI is InChI=1S/C11H24N2O4S/c1-5-6-12-18(16,17)13-9(7-10(14)15)8-11(2,3)4/h9,12-13H,5-8H2,1-4H3,(H,14,15). The lowest BCUT2D eigenvalue weighted by molar-refractivity contribution is -0.137. The maximum atomic E-state index is 11.7. The van der Waals surface area contributed by atoms with E-state index in [4.69, 9.17) is 5.11 Å². The number of aliphatic carboxylic acids is 1. The molecule has 0 bridgehead atoms. The first kappa shape index (κ1) is 17.3. The Morgan fingerprint density at radius 2 is 1.89 bits per heavy atom. The van der Waals surface area contributed by atoms with E-state index in [1.54, 1.807) is 0 Å². The molecule has 0 aromatic heterocycles. The van der Waals surface area contributed by atoms with Crippen LogP contribution in [0.15, 0.2) is 0 Å². The highest BCUT2D eigenvalue weighted by molar-refractivity contribution is 7.87. The van der Waals surface area contributed by atoms with Gasteiger partial charge in [-0.25, -0.2) is 4.72 Å². The fourth-order valence-electron chi connectivity index (χ4n) is 1.60. The van der Waals surface area contributed by atoms with Crippen molar-refractivity contribution in [3.8, 4) is 0 Å². The van der Waals surface area contributed by atoms with Gasteiger partial charge in [-0.05, 0) is 18.3 Å². The van der Waals surface area contributed by atoms with Gasteiger partial charge in [0.15, 0.2) is 0 Å².